The third-order valence-electron chi connectivity index (χ3n) is 2.95. The lowest BCUT2D eigenvalue weighted by atomic mass is 10.2. The van der Waals surface area contributed by atoms with E-state index in [2.05, 4.69) is 0 Å². The fourth-order valence-corrected chi connectivity index (χ4v) is 3.15. The van der Waals surface area contributed by atoms with E-state index in [0.29, 0.717) is 22.2 Å². The van der Waals surface area contributed by atoms with Gasteiger partial charge in [-0.25, -0.2) is 4.57 Å². The van der Waals surface area contributed by atoms with Crippen molar-refractivity contribution in [3.8, 4) is 0 Å². The van der Waals surface area contributed by atoms with Gasteiger partial charge in [-0.1, -0.05) is 24.0 Å². The second-order valence-corrected chi connectivity index (χ2v) is 6.30. The normalized spacial score (nSPS) is 16.8. The summed E-state index contributed by atoms with van der Waals surface area (Å²) in [5.41, 5.74) is 0.930. The third kappa shape index (κ3) is 4.12. The van der Waals surface area contributed by atoms with Crippen LogP contribution >= 0.6 is 24.0 Å². The summed E-state index contributed by atoms with van der Waals surface area (Å²) in [6.45, 7) is 0.345. The molecule has 0 atom stereocenters. The predicted octanol–water partition coefficient (Wildman–Crippen LogP) is 1.58. The van der Waals surface area contributed by atoms with Crippen molar-refractivity contribution in [2.75, 3.05) is 6.54 Å². The van der Waals surface area contributed by atoms with Gasteiger partial charge in [-0.2, -0.15) is 0 Å². The molecule has 0 radical (unpaired) electrons. The van der Waals surface area contributed by atoms with Crippen molar-refractivity contribution < 1.29 is 19.3 Å². The Hall–Kier alpha value is -1.73. The number of thioether (sulfide) groups is 1. The molecule has 1 fully saturated rings. The molecule has 1 N–H and O–H groups in total. The Labute approximate surface area is 132 Å². The number of pyridine rings is 1. The van der Waals surface area contributed by atoms with Gasteiger partial charge in [-0.15, -0.1) is 0 Å². The van der Waals surface area contributed by atoms with Crippen LogP contribution in [0.25, 0.3) is 6.08 Å². The van der Waals surface area contributed by atoms with Crippen LogP contribution in [-0.4, -0.2) is 32.7 Å². The summed E-state index contributed by atoms with van der Waals surface area (Å²) in [6.07, 6.45) is 6.04. The topological polar surface area (TPSA) is 61.5 Å². The number of carbonyl (C=O) groups excluding carboxylic acids is 1. The van der Waals surface area contributed by atoms with Gasteiger partial charge in [0.1, 0.15) is 11.4 Å². The lowest BCUT2D eigenvalue weighted by Crippen LogP contribution is -2.29. The molecule has 2 heterocycles. The molecule has 1 aromatic rings. The highest BCUT2D eigenvalue weighted by Crippen LogP contribution is 2.32. The maximum absolute atomic E-state index is 12.3. The van der Waals surface area contributed by atoms with Gasteiger partial charge < -0.3 is 5.11 Å². The highest BCUT2D eigenvalue weighted by atomic mass is 32.2. The number of amides is 1. The number of carboxylic acids is 1. The third-order valence-corrected chi connectivity index (χ3v) is 4.33. The molecule has 0 unspecified atom stereocenters. The second-order valence-electron chi connectivity index (χ2n) is 4.63. The van der Waals surface area contributed by atoms with Crippen LogP contribution in [0.1, 0.15) is 18.4 Å². The summed E-state index contributed by atoms with van der Waals surface area (Å²) in [5, 5.41) is 8.63. The summed E-state index contributed by atoms with van der Waals surface area (Å²) in [6, 6.07) is 3.83. The Kier molecular flexibility index (Phi) is 5.08. The molecular weight excluding hydrogens is 308 g/mol. The van der Waals surface area contributed by atoms with Gasteiger partial charge in [0.2, 0.25) is 0 Å². The van der Waals surface area contributed by atoms with Crippen LogP contribution in [0.15, 0.2) is 29.4 Å². The molecule has 0 spiro atoms. The summed E-state index contributed by atoms with van der Waals surface area (Å²) in [4.78, 5) is 24.8. The smallest absolute Gasteiger partial charge is 0.303 e. The van der Waals surface area contributed by atoms with Crippen LogP contribution in [0.3, 0.4) is 0 Å². The minimum Gasteiger partial charge on any atom is -0.481 e. The molecule has 0 saturated carbocycles. The fourth-order valence-electron chi connectivity index (χ4n) is 1.84. The number of carbonyl (C=O) groups is 2. The number of carboxylic acid groups (broad SMARTS) is 1. The van der Waals surface area contributed by atoms with Crippen LogP contribution in [0, 0.1) is 0 Å². The van der Waals surface area contributed by atoms with Crippen molar-refractivity contribution in [3.05, 3.63) is 35.0 Å². The minimum absolute atomic E-state index is 0.0330. The molecular formula is C14H15N2O3S2+. The number of rotatable bonds is 5. The zero-order chi connectivity index (χ0) is 15.4. The highest BCUT2D eigenvalue weighted by molar-refractivity contribution is 8.26. The van der Waals surface area contributed by atoms with E-state index in [1.165, 1.54) is 16.7 Å². The molecule has 110 valence electrons. The van der Waals surface area contributed by atoms with Gasteiger partial charge in [0, 0.05) is 25.1 Å². The maximum atomic E-state index is 12.3. The lowest BCUT2D eigenvalue weighted by Gasteiger charge is -2.13. The van der Waals surface area contributed by atoms with Crippen LogP contribution in [0.2, 0.25) is 0 Å². The molecule has 5 nitrogen and oxygen atoms in total. The molecule has 1 saturated heterocycles. The molecule has 0 aromatic carbocycles. The van der Waals surface area contributed by atoms with E-state index < -0.39 is 5.97 Å². The average Bonchev–Trinajstić information content (AvgIpc) is 2.68. The number of aromatic nitrogens is 1. The summed E-state index contributed by atoms with van der Waals surface area (Å²) >= 11 is 6.44. The van der Waals surface area contributed by atoms with E-state index in [4.69, 9.17) is 17.3 Å². The Bertz CT molecular complexity index is 611. The summed E-state index contributed by atoms with van der Waals surface area (Å²) in [7, 11) is 1.92. The molecule has 1 aliphatic rings. The zero-order valence-corrected chi connectivity index (χ0v) is 13.1. The first kappa shape index (κ1) is 15.7. The van der Waals surface area contributed by atoms with Gasteiger partial charge in [0.15, 0.2) is 12.4 Å². The van der Waals surface area contributed by atoms with Crippen molar-refractivity contribution in [2.24, 2.45) is 7.05 Å². The number of hydrogen-bond donors (Lipinski definition) is 1. The molecule has 2 rings (SSSR count). The van der Waals surface area contributed by atoms with Crippen molar-refractivity contribution in [3.63, 3.8) is 0 Å². The molecule has 1 aromatic heterocycles. The van der Waals surface area contributed by atoms with Crippen LogP contribution in [0.4, 0.5) is 0 Å². The molecule has 7 heteroatoms. The quantitative estimate of drug-likeness (QED) is 0.506. The summed E-state index contributed by atoms with van der Waals surface area (Å²) < 4.78 is 2.40. The van der Waals surface area contributed by atoms with Crippen LogP contribution in [0.5, 0.6) is 0 Å². The number of aliphatic carboxylic acids is 1. The van der Waals surface area contributed by atoms with Crippen molar-refractivity contribution in [1.82, 2.24) is 4.90 Å². The van der Waals surface area contributed by atoms with Gasteiger partial charge >= 0.3 is 5.97 Å². The SMILES string of the molecule is C[n+]1ccc(C=C2SC(=S)N(CCCC(=O)O)C2=O)cc1. The molecule has 1 amide bonds. The van der Waals surface area contributed by atoms with Gasteiger partial charge in [-0.3, -0.25) is 14.5 Å². The number of hydrogen-bond acceptors (Lipinski definition) is 4. The van der Waals surface area contributed by atoms with Crippen LogP contribution in [-0.2, 0) is 16.6 Å². The van der Waals surface area contributed by atoms with Gasteiger partial charge in [0.05, 0.1) is 4.91 Å². The molecule has 0 bridgehead atoms. The Morgan fingerprint density at radius 3 is 2.76 bits per heavy atom. The first-order chi connectivity index (χ1) is 9.97. The standard InChI is InChI=1S/C14H14N2O3S2/c1-15-7-4-10(5-8-15)9-11-13(19)16(14(20)21-11)6-2-3-12(17)18/h4-5,7-9H,2-3,6H2,1H3/p+1. The monoisotopic (exact) mass is 323 g/mol. The minimum atomic E-state index is -0.867. The van der Waals surface area contributed by atoms with E-state index in [1.54, 1.807) is 6.08 Å². The largest absolute Gasteiger partial charge is 0.481 e. The van der Waals surface area contributed by atoms with E-state index >= 15 is 0 Å². The first-order valence-corrected chi connectivity index (χ1v) is 7.62. The van der Waals surface area contributed by atoms with Crippen LogP contribution < -0.4 is 4.57 Å². The number of aryl methyl sites for hydroxylation is 1. The Balaban J connectivity index is 2.06. The van der Waals surface area contributed by atoms with Gasteiger partial charge in [-0.05, 0) is 18.1 Å². The van der Waals surface area contributed by atoms with E-state index in [0.717, 1.165) is 5.56 Å². The zero-order valence-electron chi connectivity index (χ0n) is 11.5. The van der Waals surface area contributed by atoms with Gasteiger partial charge in [0.25, 0.3) is 5.91 Å². The maximum Gasteiger partial charge on any atom is 0.303 e. The van der Waals surface area contributed by atoms with E-state index in [-0.39, 0.29) is 12.3 Å². The number of nitrogens with zero attached hydrogens (tertiary/aromatic N) is 2. The first-order valence-electron chi connectivity index (χ1n) is 6.40. The second kappa shape index (κ2) is 6.82. The lowest BCUT2D eigenvalue weighted by molar-refractivity contribution is -0.671. The fraction of sp³-hybridized carbons (Fsp3) is 0.286. The van der Waals surface area contributed by atoms with Crippen molar-refractivity contribution >= 4 is 46.3 Å². The Morgan fingerprint density at radius 2 is 2.14 bits per heavy atom. The molecule has 0 aliphatic carbocycles. The van der Waals surface area contributed by atoms with Crippen molar-refractivity contribution in [1.29, 1.82) is 0 Å². The Morgan fingerprint density at radius 1 is 1.48 bits per heavy atom. The molecule has 1 aliphatic heterocycles. The predicted molar refractivity (Wildman–Crippen MR) is 84.4 cm³/mol. The highest BCUT2D eigenvalue weighted by Gasteiger charge is 2.31. The van der Waals surface area contributed by atoms with Crippen molar-refractivity contribution in [2.45, 2.75) is 12.8 Å². The molecule has 21 heavy (non-hydrogen) atoms. The number of thiocarbonyl (C=S) groups is 1. The van der Waals surface area contributed by atoms with E-state index in [1.807, 2.05) is 36.1 Å². The van der Waals surface area contributed by atoms with E-state index in [9.17, 15) is 9.59 Å². The summed E-state index contributed by atoms with van der Waals surface area (Å²) in [5.74, 6) is -1.02. The average molecular weight is 323 g/mol.